The summed E-state index contributed by atoms with van der Waals surface area (Å²) in [7, 11) is 1.96. The van der Waals surface area contributed by atoms with Crippen molar-refractivity contribution in [2.24, 2.45) is 29.7 Å². The first kappa shape index (κ1) is 28.0. The van der Waals surface area contributed by atoms with Crippen molar-refractivity contribution in [2.45, 2.75) is 50.9 Å². The molecular formula is C33H41N3O6. The van der Waals surface area contributed by atoms with Gasteiger partial charge in [0.15, 0.2) is 0 Å². The molecule has 4 heterocycles. The van der Waals surface area contributed by atoms with E-state index in [1.807, 2.05) is 48.9 Å². The highest BCUT2D eigenvalue weighted by Gasteiger charge is 2.71. The zero-order valence-electron chi connectivity index (χ0n) is 24.7. The van der Waals surface area contributed by atoms with Crippen LogP contribution < -0.4 is 0 Å². The van der Waals surface area contributed by atoms with Gasteiger partial charge in [0.2, 0.25) is 0 Å². The van der Waals surface area contributed by atoms with Crippen LogP contribution in [0.5, 0.6) is 0 Å². The van der Waals surface area contributed by atoms with E-state index in [9.17, 15) is 15.0 Å². The maximum atomic E-state index is 13.0. The number of rotatable bonds is 5. The molecule has 4 unspecified atom stereocenters. The monoisotopic (exact) mass is 575 g/mol. The van der Waals surface area contributed by atoms with Crippen LogP contribution in [0.3, 0.4) is 0 Å². The molecule has 7 rings (SSSR count). The van der Waals surface area contributed by atoms with Crippen molar-refractivity contribution in [2.75, 3.05) is 39.5 Å². The minimum absolute atomic E-state index is 0.00302. The van der Waals surface area contributed by atoms with Crippen LogP contribution in [-0.2, 0) is 26.1 Å². The summed E-state index contributed by atoms with van der Waals surface area (Å²) < 4.78 is 19.7. The molecule has 9 heteroatoms. The predicted molar refractivity (Wildman–Crippen MR) is 157 cm³/mol. The van der Waals surface area contributed by atoms with Crippen molar-refractivity contribution in [1.29, 1.82) is 0 Å². The summed E-state index contributed by atoms with van der Waals surface area (Å²) in [5.74, 6) is 0.212. The summed E-state index contributed by atoms with van der Waals surface area (Å²) in [6.07, 6.45) is 11.3. The van der Waals surface area contributed by atoms with E-state index >= 15 is 0 Å². The molecule has 2 saturated carbocycles. The molecule has 2 saturated heterocycles. The number of aromatic nitrogens is 2. The van der Waals surface area contributed by atoms with Gasteiger partial charge in [-0.3, -0.25) is 4.90 Å². The van der Waals surface area contributed by atoms with Gasteiger partial charge in [0.25, 0.3) is 0 Å². The number of carbonyl (C=O) groups excluding carboxylic acids is 1. The third-order valence-corrected chi connectivity index (χ3v) is 11.1. The largest absolute Gasteiger partial charge is 0.423 e. The molecule has 0 radical (unpaired) electrons. The summed E-state index contributed by atoms with van der Waals surface area (Å²) in [6.45, 7) is 7.99. The van der Waals surface area contributed by atoms with Gasteiger partial charge in [-0.25, -0.2) is 9.78 Å². The zero-order valence-corrected chi connectivity index (χ0v) is 24.7. The highest BCUT2D eigenvalue weighted by molar-refractivity contribution is 5.96. The second-order valence-corrected chi connectivity index (χ2v) is 13.4. The number of aryl methyl sites for hydroxylation is 1. The second kappa shape index (κ2) is 10.1. The Bertz CT molecular complexity index is 1480. The average Bonchev–Trinajstić information content (AvgIpc) is 3.56. The number of imidazole rings is 1. The number of aliphatic hydroxyl groups is 2. The maximum Gasteiger partial charge on any atom is 0.343 e. The van der Waals surface area contributed by atoms with Gasteiger partial charge in [-0.2, -0.15) is 0 Å². The van der Waals surface area contributed by atoms with Crippen LogP contribution in [0.25, 0.3) is 17.1 Å². The molecule has 42 heavy (non-hydrogen) atoms. The van der Waals surface area contributed by atoms with Gasteiger partial charge in [0, 0.05) is 37.5 Å². The highest BCUT2D eigenvalue weighted by Crippen LogP contribution is 2.66. The summed E-state index contributed by atoms with van der Waals surface area (Å²) in [5.41, 5.74) is 2.15. The number of benzene rings is 1. The molecule has 9 nitrogen and oxygen atoms in total. The van der Waals surface area contributed by atoms with Gasteiger partial charge in [0.1, 0.15) is 11.4 Å². The lowest BCUT2D eigenvalue weighted by Gasteiger charge is -2.63. The SMILES string of the molecule is Cn1cnc2cc(C=C3C=C(C=CC4C5(CO5)C(N5CCOCC5)CC5[C@]4(C)CC[C@@H](O)[C@@]5(C)CO)C(=O)O3)ccc21. The molecule has 0 bridgehead atoms. The van der Waals surface area contributed by atoms with Gasteiger partial charge in [-0.05, 0) is 60.4 Å². The normalized spacial score (nSPS) is 39.7. The lowest BCUT2D eigenvalue weighted by Crippen LogP contribution is -2.67. The minimum Gasteiger partial charge on any atom is -0.423 e. The van der Waals surface area contributed by atoms with Crippen molar-refractivity contribution in [1.82, 2.24) is 14.5 Å². The van der Waals surface area contributed by atoms with E-state index in [0.29, 0.717) is 37.6 Å². The third-order valence-electron chi connectivity index (χ3n) is 11.1. The summed E-state index contributed by atoms with van der Waals surface area (Å²) in [6, 6.07) is 6.13. The van der Waals surface area contributed by atoms with Crippen LogP contribution in [0, 0.1) is 22.7 Å². The van der Waals surface area contributed by atoms with Crippen LogP contribution in [0.15, 0.2) is 54.1 Å². The fourth-order valence-corrected chi connectivity index (χ4v) is 8.64. The van der Waals surface area contributed by atoms with Gasteiger partial charge >= 0.3 is 5.97 Å². The third kappa shape index (κ3) is 4.32. The predicted octanol–water partition coefficient (Wildman–Crippen LogP) is 3.22. The highest BCUT2D eigenvalue weighted by atomic mass is 16.6. The maximum absolute atomic E-state index is 13.0. The van der Waals surface area contributed by atoms with E-state index < -0.39 is 11.5 Å². The zero-order chi connectivity index (χ0) is 29.3. The number of aliphatic hydroxyl groups excluding tert-OH is 2. The first-order valence-corrected chi connectivity index (χ1v) is 15.2. The minimum atomic E-state index is -0.615. The van der Waals surface area contributed by atoms with E-state index in [-0.39, 0.29) is 41.5 Å². The Labute approximate surface area is 246 Å². The average molecular weight is 576 g/mol. The molecule has 1 spiro atoms. The van der Waals surface area contributed by atoms with Crippen molar-refractivity contribution < 1.29 is 29.2 Å². The number of hydrogen-bond donors (Lipinski definition) is 2. The summed E-state index contributed by atoms with van der Waals surface area (Å²) in [4.78, 5) is 19.9. The Balaban J connectivity index is 1.22. The lowest BCUT2D eigenvalue weighted by molar-refractivity contribution is -0.186. The van der Waals surface area contributed by atoms with E-state index in [0.717, 1.165) is 42.5 Å². The van der Waals surface area contributed by atoms with E-state index in [1.54, 1.807) is 12.4 Å². The van der Waals surface area contributed by atoms with Gasteiger partial charge in [-0.1, -0.05) is 32.1 Å². The van der Waals surface area contributed by atoms with Gasteiger partial charge in [0.05, 0.1) is 55.5 Å². The first-order valence-electron chi connectivity index (χ1n) is 15.2. The van der Waals surface area contributed by atoms with E-state index in [4.69, 9.17) is 14.2 Å². The Hall–Kier alpha value is -2.82. The van der Waals surface area contributed by atoms with Crippen molar-refractivity contribution in [3.63, 3.8) is 0 Å². The number of ether oxygens (including phenoxy) is 3. The topological polar surface area (TPSA) is 110 Å². The number of morpholine rings is 1. The Morgan fingerprint density at radius 3 is 2.74 bits per heavy atom. The smallest absolute Gasteiger partial charge is 0.343 e. The molecule has 0 amide bonds. The Kier molecular flexibility index (Phi) is 6.75. The molecule has 3 aliphatic heterocycles. The number of epoxide rings is 1. The molecule has 4 fully saturated rings. The fourth-order valence-electron chi connectivity index (χ4n) is 8.64. The van der Waals surface area contributed by atoms with Crippen LogP contribution >= 0.6 is 0 Å². The van der Waals surface area contributed by atoms with Gasteiger partial charge in [-0.15, -0.1) is 0 Å². The number of fused-ring (bicyclic) bond motifs is 2. The number of nitrogens with zero attached hydrogens (tertiary/aromatic N) is 3. The molecule has 1 aromatic heterocycles. The van der Waals surface area contributed by atoms with Gasteiger partial charge < -0.3 is 29.0 Å². The molecule has 224 valence electrons. The quantitative estimate of drug-likeness (QED) is 0.413. The summed E-state index contributed by atoms with van der Waals surface area (Å²) >= 11 is 0. The molecule has 2 N–H and O–H groups in total. The second-order valence-electron chi connectivity index (χ2n) is 13.4. The Morgan fingerprint density at radius 1 is 1.21 bits per heavy atom. The number of allylic oxidation sites excluding steroid dienone is 1. The first-order chi connectivity index (χ1) is 20.2. The van der Waals surface area contributed by atoms with Crippen LogP contribution in [0.1, 0.15) is 38.7 Å². The molecule has 2 aromatic rings. The molecule has 1 aromatic carbocycles. The Morgan fingerprint density at radius 2 is 2.00 bits per heavy atom. The molecule has 2 aliphatic carbocycles. The van der Waals surface area contributed by atoms with Crippen molar-refractivity contribution in [3.05, 3.63) is 59.7 Å². The van der Waals surface area contributed by atoms with Crippen LogP contribution in [0.4, 0.5) is 0 Å². The lowest BCUT2D eigenvalue weighted by atomic mass is 9.44. The fraction of sp³-hybridized carbons (Fsp3) is 0.576. The van der Waals surface area contributed by atoms with Crippen LogP contribution in [-0.4, -0.2) is 87.9 Å². The number of hydrogen-bond acceptors (Lipinski definition) is 8. The summed E-state index contributed by atoms with van der Waals surface area (Å²) in [5, 5.41) is 21.8. The van der Waals surface area contributed by atoms with Crippen molar-refractivity contribution >= 4 is 23.1 Å². The van der Waals surface area contributed by atoms with E-state index in [2.05, 4.69) is 22.9 Å². The molecule has 5 aliphatic rings. The van der Waals surface area contributed by atoms with E-state index in [1.165, 1.54) is 0 Å². The number of cyclic esters (lactones) is 1. The van der Waals surface area contributed by atoms with Crippen LogP contribution in [0.2, 0.25) is 0 Å². The standard InChI is InChI=1S/C33H41N3O6/c1-31-9-8-29(38)32(2,18-37)27(31)17-28(36-10-12-40-13-11-36)33(19-41-33)26(31)7-5-22-16-23(42-30(22)39)14-21-4-6-25-24(15-21)34-20-35(25)3/h4-7,14-16,20,26-29,37-38H,8-13,17-19H2,1-3H3/t26?,27?,28?,29-,31-,32+,33?/m1/s1. The number of carbonyl (C=O) groups is 1. The van der Waals surface area contributed by atoms with Crippen molar-refractivity contribution in [3.8, 4) is 0 Å². The molecular weight excluding hydrogens is 534 g/mol. The number of esters is 1. The molecule has 7 atom stereocenters.